The molecule has 2 atom stereocenters. The molecule has 25 heavy (non-hydrogen) atoms. The molecule has 4 rings (SSSR count). The summed E-state index contributed by atoms with van der Waals surface area (Å²) in [5.41, 5.74) is 3.33. The maximum Gasteiger partial charge on any atom is 0.319 e. The van der Waals surface area contributed by atoms with Gasteiger partial charge in [0.05, 0.1) is 23.5 Å². The number of nitrogens with zero attached hydrogens (tertiary/aromatic N) is 3. The van der Waals surface area contributed by atoms with E-state index in [4.69, 9.17) is 0 Å². The number of urea groups is 1. The summed E-state index contributed by atoms with van der Waals surface area (Å²) in [6.45, 7) is 0. The summed E-state index contributed by atoms with van der Waals surface area (Å²) in [6, 6.07) is 14.2. The lowest BCUT2D eigenvalue weighted by Crippen LogP contribution is -2.37. The predicted molar refractivity (Wildman–Crippen MR) is 92.4 cm³/mol. The number of aliphatic hydroxyl groups excluding tert-OH is 1. The molecule has 1 aliphatic carbocycles. The van der Waals surface area contributed by atoms with Gasteiger partial charge in [-0.15, -0.1) is 0 Å². The molecule has 3 aromatic rings. The first kappa shape index (κ1) is 15.3. The van der Waals surface area contributed by atoms with E-state index in [9.17, 15) is 9.90 Å². The molecule has 7 heteroatoms. The van der Waals surface area contributed by atoms with Crippen molar-refractivity contribution in [1.29, 1.82) is 0 Å². The van der Waals surface area contributed by atoms with Crippen LogP contribution in [0.3, 0.4) is 0 Å². The first-order chi connectivity index (χ1) is 12.2. The molecule has 0 radical (unpaired) electrons. The number of anilines is 1. The Bertz CT molecular complexity index is 894. The van der Waals surface area contributed by atoms with Gasteiger partial charge in [0.15, 0.2) is 0 Å². The lowest BCUT2D eigenvalue weighted by atomic mass is 10.1. The Morgan fingerprint density at radius 3 is 2.80 bits per heavy atom. The van der Waals surface area contributed by atoms with E-state index in [0.717, 1.165) is 11.1 Å². The van der Waals surface area contributed by atoms with Crippen LogP contribution >= 0.6 is 0 Å². The number of hydrogen-bond donors (Lipinski definition) is 3. The second-order valence-electron chi connectivity index (χ2n) is 5.90. The van der Waals surface area contributed by atoms with Crippen LogP contribution in [0.15, 0.2) is 61.2 Å². The molecular weight excluding hydrogens is 318 g/mol. The first-order valence-corrected chi connectivity index (χ1v) is 8.00. The lowest BCUT2D eigenvalue weighted by molar-refractivity contribution is 0.144. The Morgan fingerprint density at radius 2 is 1.96 bits per heavy atom. The molecule has 126 valence electrons. The number of nitrogens with one attached hydrogen (secondary N) is 2. The molecule has 1 aliphatic rings. The van der Waals surface area contributed by atoms with Crippen LogP contribution in [0.25, 0.3) is 5.69 Å². The van der Waals surface area contributed by atoms with E-state index in [2.05, 4.69) is 20.7 Å². The second kappa shape index (κ2) is 6.37. The molecule has 0 spiro atoms. The van der Waals surface area contributed by atoms with Gasteiger partial charge in [-0.3, -0.25) is 0 Å². The van der Waals surface area contributed by atoms with Crippen molar-refractivity contribution in [2.24, 2.45) is 0 Å². The molecule has 1 heterocycles. The highest BCUT2D eigenvalue weighted by molar-refractivity contribution is 5.91. The van der Waals surface area contributed by atoms with E-state index in [0.29, 0.717) is 17.8 Å². The number of carbonyl (C=O) groups excluding carboxylic acids is 1. The van der Waals surface area contributed by atoms with Crippen molar-refractivity contribution in [2.45, 2.75) is 18.6 Å². The Balaban J connectivity index is 1.53. The summed E-state index contributed by atoms with van der Waals surface area (Å²) in [7, 11) is 0. The number of amides is 2. The van der Waals surface area contributed by atoms with E-state index < -0.39 is 12.1 Å². The number of rotatable bonds is 3. The highest BCUT2D eigenvalue weighted by atomic mass is 16.3. The van der Waals surface area contributed by atoms with Crippen LogP contribution in [-0.4, -0.2) is 32.0 Å². The van der Waals surface area contributed by atoms with Crippen molar-refractivity contribution in [3.05, 3.63) is 72.3 Å². The zero-order valence-electron chi connectivity index (χ0n) is 13.3. The molecule has 0 saturated heterocycles. The van der Waals surface area contributed by atoms with Gasteiger partial charge in [0.25, 0.3) is 0 Å². The summed E-state index contributed by atoms with van der Waals surface area (Å²) in [5, 5.41) is 20.0. The maximum absolute atomic E-state index is 12.5. The van der Waals surface area contributed by atoms with Gasteiger partial charge in [-0.2, -0.15) is 5.10 Å². The minimum atomic E-state index is -0.631. The van der Waals surface area contributed by atoms with Crippen molar-refractivity contribution >= 4 is 11.7 Å². The third kappa shape index (κ3) is 2.97. The summed E-state index contributed by atoms with van der Waals surface area (Å²) < 4.78 is 1.58. The minimum absolute atomic E-state index is 0.381. The third-order valence-electron chi connectivity index (χ3n) is 4.31. The van der Waals surface area contributed by atoms with Gasteiger partial charge in [-0.1, -0.05) is 36.4 Å². The van der Waals surface area contributed by atoms with Gasteiger partial charge in [0.1, 0.15) is 12.7 Å². The van der Waals surface area contributed by atoms with E-state index in [-0.39, 0.29) is 6.03 Å². The Hall–Kier alpha value is -3.19. The standard InChI is InChI=1S/C18H17N5O2/c24-16-9-12-5-1-2-6-13(12)17(16)22-18(25)21-14-7-3-4-8-15(14)23-11-19-10-20-23/h1-8,10-11,16-17,24H,9H2,(H2,21,22,25)/t16-,17+/m1/s1. The van der Waals surface area contributed by atoms with Crippen LogP contribution in [0.5, 0.6) is 0 Å². The largest absolute Gasteiger partial charge is 0.390 e. The fourth-order valence-electron chi connectivity index (χ4n) is 3.16. The van der Waals surface area contributed by atoms with Gasteiger partial charge in [0.2, 0.25) is 0 Å². The maximum atomic E-state index is 12.5. The highest BCUT2D eigenvalue weighted by Gasteiger charge is 2.31. The third-order valence-corrected chi connectivity index (χ3v) is 4.31. The Kier molecular flexibility index (Phi) is 3.91. The fraction of sp³-hybridized carbons (Fsp3) is 0.167. The van der Waals surface area contributed by atoms with Crippen molar-refractivity contribution < 1.29 is 9.90 Å². The smallest absolute Gasteiger partial charge is 0.319 e. The molecule has 0 unspecified atom stereocenters. The molecule has 1 aromatic heterocycles. The number of para-hydroxylation sites is 2. The van der Waals surface area contributed by atoms with Crippen LogP contribution in [0.2, 0.25) is 0 Å². The first-order valence-electron chi connectivity index (χ1n) is 8.00. The SMILES string of the molecule is O=C(Nc1ccccc1-n1cncn1)N[C@H]1c2ccccc2C[C@H]1O. The number of fused-ring (bicyclic) bond motifs is 1. The number of benzene rings is 2. The van der Waals surface area contributed by atoms with Crippen LogP contribution in [0.4, 0.5) is 10.5 Å². The Morgan fingerprint density at radius 1 is 1.16 bits per heavy atom. The van der Waals surface area contributed by atoms with Crippen molar-refractivity contribution in [3.63, 3.8) is 0 Å². The van der Waals surface area contributed by atoms with Crippen molar-refractivity contribution in [1.82, 2.24) is 20.1 Å². The average molecular weight is 335 g/mol. The molecule has 2 aromatic carbocycles. The minimum Gasteiger partial charge on any atom is -0.390 e. The van der Waals surface area contributed by atoms with Gasteiger partial charge in [0, 0.05) is 6.42 Å². The van der Waals surface area contributed by atoms with Crippen LogP contribution < -0.4 is 10.6 Å². The molecule has 0 bridgehead atoms. The van der Waals surface area contributed by atoms with Crippen LogP contribution in [-0.2, 0) is 6.42 Å². The molecule has 0 aliphatic heterocycles. The monoisotopic (exact) mass is 335 g/mol. The Labute approximate surface area is 144 Å². The summed E-state index contributed by atoms with van der Waals surface area (Å²) >= 11 is 0. The topological polar surface area (TPSA) is 92.1 Å². The zero-order chi connectivity index (χ0) is 17.2. The lowest BCUT2D eigenvalue weighted by Gasteiger charge is -2.19. The van der Waals surface area contributed by atoms with E-state index in [1.165, 1.54) is 6.33 Å². The van der Waals surface area contributed by atoms with Crippen LogP contribution in [0, 0.1) is 0 Å². The molecule has 3 N–H and O–H groups in total. The summed E-state index contributed by atoms with van der Waals surface area (Å²) in [6.07, 6.45) is 2.91. The van der Waals surface area contributed by atoms with Gasteiger partial charge in [-0.25, -0.2) is 14.5 Å². The second-order valence-corrected chi connectivity index (χ2v) is 5.90. The van der Waals surface area contributed by atoms with Crippen LogP contribution in [0.1, 0.15) is 17.2 Å². The number of hydrogen-bond acceptors (Lipinski definition) is 4. The predicted octanol–water partition coefficient (Wildman–Crippen LogP) is 2.05. The zero-order valence-corrected chi connectivity index (χ0v) is 13.3. The molecule has 7 nitrogen and oxygen atoms in total. The van der Waals surface area contributed by atoms with Crippen molar-refractivity contribution in [3.8, 4) is 5.69 Å². The molecule has 0 saturated carbocycles. The van der Waals surface area contributed by atoms with E-state index in [1.54, 1.807) is 17.1 Å². The normalized spacial score (nSPS) is 18.6. The van der Waals surface area contributed by atoms with Gasteiger partial charge in [-0.05, 0) is 23.3 Å². The fourth-order valence-corrected chi connectivity index (χ4v) is 3.16. The average Bonchev–Trinajstić information content (AvgIpc) is 3.24. The van der Waals surface area contributed by atoms with Gasteiger partial charge < -0.3 is 15.7 Å². The highest BCUT2D eigenvalue weighted by Crippen LogP contribution is 2.31. The van der Waals surface area contributed by atoms with Gasteiger partial charge >= 0.3 is 6.03 Å². The molecular formula is C18H17N5O2. The summed E-state index contributed by atoms with van der Waals surface area (Å²) in [5.74, 6) is 0. The summed E-state index contributed by atoms with van der Waals surface area (Å²) in [4.78, 5) is 16.4. The molecule has 0 fully saturated rings. The van der Waals surface area contributed by atoms with E-state index >= 15 is 0 Å². The van der Waals surface area contributed by atoms with E-state index in [1.807, 2.05) is 42.5 Å². The number of aliphatic hydroxyl groups is 1. The quantitative estimate of drug-likeness (QED) is 0.683. The van der Waals surface area contributed by atoms with Crippen molar-refractivity contribution in [2.75, 3.05) is 5.32 Å². The molecule has 2 amide bonds. The number of carbonyl (C=O) groups is 1. The number of aromatic nitrogens is 3.